The molecule has 0 aliphatic carbocycles. The van der Waals surface area contributed by atoms with Gasteiger partial charge in [0.2, 0.25) is 0 Å². The van der Waals surface area contributed by atoms with Crippen LogP contribution in [0.3, 0.4) is 0 Å². The van der Waals surface area contributed by atoms with Crippen molar-refractivity contribution in [1.82, 2.24) is 14.8 Å². The number of piperidine rings is 1. The van der Waals surface area contributed by atoms with Gasteiger partial charge in [0.15, 0.2) is 5.69 Å². The van der Waals surface area contributed by atoms with Crippen LogP contribution in [0.1, 0.15) is 24.6 Å². The maximum absolute atomic E-state index is 12.8. The van der Waals surface area contributed by atoms with Crippen LogP contribution >= 0.6 is 0 Å². The fourth-order valence-electron chi connectivity index (χ4n) is 3.30. The largest absolute Gasteiger partial charge is 0.435 e. The summed E-state index contributed by atoms with van der Waals surface area (Å²) in [6.45, 7) is 1.44. The summed E-state index contributed by atoms with van der Waals surface area (Å²) in [5, 5.41) is 4.80. The van der Waals surface area contributed by atoms with Gasteiger partial charge in [-0.2, -0.15) is 18.3 Å². The van der Waals surface area contributed by atoms with Crippen molar-refractivity contribution in [3.63, 3.8) is 0 Å². The van der Waals surface area contributed by atoms with E-state index >= 15 is 0 Å². The van der Waals surface area contributed by atoms with Gasteiger partial charge in [-0.3, -0.25) is 4.68 Å². The molecule has 1 aromatic carbocycles. The number of para-hydroxylation sites is 1. The standard InChI is InChI=1S/C18H17F3N4/c19-18(20,21)16-9-11-25(23-16)14-5-3-10-24(12-14)17-8-7-13-4-1-2-6-15(13)22-17/h1-2,4,6-9,11,14H,3,5,10,12H2. The average molecular weight is 346 g/mol. The highest BCUT2D eigenvalue weighted by Gasteiger charge is 2.34. The maximum atomic E-state index is 12.8. The minimum Gasteiger partial charge on any atom is -0.354 e. The van der Waals surface area contributed by atoms with E-state index in [1.807, 2.05) is 36.4 Å². The van der Waals surface area contributed by atoms with Crippen LogP contribution in [-0.4, -0.2) is 27.9 Å². The number of hydrogen-bond acceptors (Lipinski definition) is 3. The van der Waals surface area contributed by atoms with Gasteiger partial charge >= 0.3 is 6.18 Å². The van der Waals surface area contributed by atoms with Crippen molar-refractivity contribution in [2.45, 2.75) is 25.1 Å². The van der Waals surface area contributed by atoms with Crippen LogP contribution in [0.5, 0.6) is 0 Å². The van der Waals surface area contributed by atoms with E-state index in [1.54, 1.807) is 0 Å². The lowest BCUT2D eigenvalue weighted by Crippen LogP contribution is -2.37. The molecule has 1 fully saturated rings. The number of pyridine rings is 1. The Balaban J connectivity index is 1.56. The molecule has 1 aliphatic rings. The Labute approximate surface area is 142 Å². The Kier molecular flexibility index (Phi) is 3.86. The van der Waals surface area contributed by atoms with Gasteiger partial charge in [-0.1, -0.05) is 18.2 Å². The molecular formula is C18H17F3N4. The molecule has 1 aliphatic heterocycles. The molecule has 1 atom stereocenters. The summed E-state index contributed by atoms with van der Waals surface area (Å²) in [7, 11) is 0. The Morgan fingerprint density at radius 2 is 1.88 bits per heavy atom. The number of fused-ring (bicyclic) bond motifs is 1. The highest BCUT2D eigenvalue weighted by Crippen LogP contribution is 2.30. The second-order valence-corrected chi connectivity index (χ2v) is 6.28. The smallest absolute Gasteiger partial charge is 0.354 e. The molecule has 0 spiro atoms. The summed E-state index contributed by atoms with van der Waals surface area (Å²) in [6, 6.07) is 12.8. The van der Waals surface area contributed by atoms with Gasteiger partial charge in [0.25, 0.3) is 0 Å². The second-order valence-electron chi connectivity index (χ2n) is 6.28. The monoisotopic (exact) mass is 346 g/mol. The van der Waals surface area contributed by atoms with Crippen LogP contribution in [0, 0.1) is 0 Å². The summed E-state index contributed by atoms with van der Waals surface area (Å²) in [5.74, 6) is 0.853. The molecule has 25 heavy (non-hydrogen) atoms. The Hall–Kier alpha value is -2.57. The topological polar surface area (TPSA) is 34.0 Å². The highest BCUT2D eigenvalue weighted by molar-refractivity contribution is 5.80. The van der Waals surface area contributed by atoms with Gasteiger partial charge < -0.3 is 4.90 Å². The van der Waals surface area contributed by atoms with E-state index in [2.05, 4.69) is 15.0 Å². The molecule has 0 bridgehead atoms. The zero-order valence-electron chi connectivity index (χ0n) is 13.4. The SMILES string of the molecule is FC(F)(F)c1ccn(C2CCCN(c3ccc4ccccc4n3)C2)n1. The van der Waals surface area contributed by atoms with Crippen LogP contribution in [0.2, 0.25) is 0 Å². The molecule has 3 aromatic rings. The van der Waals surface area contributed by atoms with Gasteiger partial charge in [-0.25, -0.2) is 4.98 Å². The van der Waals surface area contributed by atoms with Gasteiger partial charge in [-0.05, 0) is 37.1 Å². The van der Waals surface area contributed by atoms with Gasteiger partial charge in [-0.15, -0.1) is 0 Å². The second kappa shape index (κ2) is 6.06. The van der Waals surface area contributed by atoms with Crippen molar-refractivity contribution in [3.05, 3.63) is 54.4 Å². The number of halogens is 3. The summed E-state index contributed by atoms with van der Waals surface area (Å²) >= 11 is 0. The molecule has 7 heteroatoms. The average Bonchev–Trinajstić information content (AvgIpc) is 3.12. The highest BCUT2D eigenvalue weighted by atomic mass is 19.4. The fourth-order valence-corrected chi connectivity index (χ4v) is 3.30. The van der Waals surface area contributed by atoms with E-state index in [1.165, 1.54) is 10.9 Å². The van der Waals surface area contributed by atoms with Crippen molar-refractivity contribution in [2.75, 3.05) is 18.0 Å². The molecule has 1 saturated heterocycles. The minimum atomic E-state index is -4.40. The third-order valence-electron chi connectivity index (χ3n) is 4.58. The number of aromatic nitrogens is 3. The number of rotatable bonds is 2. The Morgan fingerprint density at radius 1 is 1.04 bits per heavy atom. The summed E-state index contributed by atoms with van der Waals surface area (Å²) in [6.07, 6.45) is -1.28. The van der Waals surface area contributed by atoms with E-state index in [9.17, 15) is 13.2 Å². The first-order valence-electron chi connectivity index (χ1n) is 8.24. The van der Waals surface area contributed by atoms with Crippen LogP contribution in [0.15, 0.2) is 48.7 Å². The third-order valence-corrected chi connectivity index (χ3v) is 4.58. The van der Waals surface area contributed by atoms with E-state index < -0.39 is 11.9 Å². The predicted molar refractivity (Wildman–Crippen MR) is 89.5 cm³/mol. The molecule has 4 rings (SSSR count). The Bertz CT molecular complexity index is 887. The predicted octanol–water partition coefficient (Wildman–Crippen LogP) is 4.29. The van der Waals surface area contributed by atoms with E-state index in [-0.39, 0.29) is 6.04 Å². The lowest BCUT2D eigenvalue weighted by Gasteiger charge is -2.33. The first-order chi connectivity index (χ1) is 12.0. The van der Waals surface area contributed by atoms with E-state index in [0.717, 1.165) is 42.2 Å². The van der Waals surface area contributed by atoms with Gasteiger partial charge in [0.1, 0.15) is 5.82 Å². The molecule has 0 amide bonds. The molecule has 1 unspecified atom stereocenters. The number of hydrogen-bond donors (Lipinski definition) is 0. The molecule has 4 nitrogen and oxygen atoms in total. The molecule has 0 N–H and O–H groups in total. The van der Waals surface area contributed by atoms with E-state index in [0.29, 0.717) is 6.54 Å². The molecule has 2 aromatic heterocycles. The number of nitrogens with zero attached hydrogens (tertiary/aromatic N) is 4. The van der Waals surface area contributed by atoms with Crippen LogP contribution in [0.25, 0.3) is 10.9 Å². The first-order valence-corrected chi connectivity index (χ1v) is 8.24. The molecule has 3 heterocycles. The van der Waals surface area contributed by atoms with Crippen molar-refractivity contribution in [2.24, 2.45) is 0 Å². The zero-order chi connectivity index (χ0) is 17.4. The summed E-state index contributed by atoms with van der Waals surface area (Å²) in [5.41, 5.74) is 0.0778. The number of anilines is 1. The quantitative estimate of drug-likeness (QED) is 0.694. The minimum absolute atomic E-state index is 0.0851. The van der Waals surface area contributed by atoms with Crippen molar-refractivity contribution in [1.29, 1.82) is 0 Å². The van der Waals surface area contributed by atoms with Gasteiger partial charge in [0.05, 0.1) is 11.6 Å². The van der Waals surface area contributed by atoms with Crippen LogP contribution in [0.4, 0.5) is 19.0 Å². The normalized spacial score (nSPS) is 18.7. The lowest BCUT2D eigenvalue weighted by atomic mass is 10.1. The third kappa shape index (κ3) is 3.18. The zero-order valence-corrected chi connectivity index (χ0v) is 13.4. The summed E-state index contributed by atoms with van der Waals surface area (Å²) < 4.78 is 39.7. The van der Waals surface area contributed by atoms with Crippen molar-refractivity contribution in [3.8, 4) is 0 Å². The fraction of sp³-hybridized carbons (Fsp3) is 0.333. The maximum Gasteiger partial charge on any atom is 0.435 e. The number of benzene rings is 1. The number of alkyl halides is 3. The summed E-state index contributed by atoms with van der Waals surface area (Å²) in [4.78, 5) is 6.81. The van der Waals surface area contributed by atoms with Crippen LogP contribution < -0.4 is 4.90 Å². The van der Waals surface area contributed by atoms with Crippen molar-refractivity contribution < 1.29 is 13.2 Å². The molecule has 130 valence electrons. The van der Waals surface area contributed by atoms with E-state index in [4.69, 9.17) is 0 Å². The molecule has 0 saturated carbocycles. The van der Waals surface area contributed by atoms with Crippen molar-refractivity contribution >= 4 is 16.7 Å². The van der Waals surface area contributed by atoms with Gasteiger partial charge in [0, 0.05) is 24.7 Å². The van der Waals surface area contributed by atoms with Crippen LogP contribution in [-0.2, 0) is 6.18 Å². The molecule has 0 radical (unpaired) electrons. The lowest BCUT2D eigenvalue weighted by molar-refractivity contribution is -0.141. The Morgan fingerprint density at radius 3 is 2.68 bits per heavy atom. The first kappa shape index (κ1) is 15.9. The molecular weight excluding hydrogens is 329 g/mol.